The molecule has 5 heteroatoms. The fourth-order valence-corrected chi connectivity index (χ4v) is 1.12. The summed E-state index contributed by atoms with van der Waals surface area (Å²) in [7, 11) is 0. The van der Waals surface area contributed by atoms with E-state index < -0.39 is 0 Å². The number of nitrogens with zero attached hydrogens (tertiary/aromatic N) is 2. The molecule has 0 aliphatic carbocycles. The first kappa shape index (κ1) is 10.5. The van der Waals surface area contributed by atoms with E-state index >= 15 is 0 Å². The molecule has 1 aliphatic rings. The third kappa shape index (κ3) is 2.00. The Morgan fingerprint density at radius 2 is 2.15 bits per heavy atom. The minimum absolute atomic E-state index is 0. The van der Waals surface area contributed by atoms with Crippen molar-refractivity contribution in [3.05, 3.63) is 11.7 Å². The molecule has 0 unspecified atom stereocenters. The largest absolute Gasteiger partial charge is 0.339 e. The second kappa shape index (κ2) is 4.07. The summed E-state index contributed by atoms with van der Waals surface area (Å²) >= 11 is 0. The van der Waals surface area contributed by atoms with E-state index in [1.165, 1.54) is 0 Å². The topological polar surface area (TPSA) is 51.0 Å². The normalized spacial score (nSPS) is 16.8. The zero-order valence-electron chi connectivity index (χ0n) is 7.78. The van der Waals surface area contributed by atoms with Crippen molar-refractivity contribution in [3.8, 4) is 0 Å². The van der Waals surface area contributed by atoms with Gasteiger partial charge in [0.15, 0.2) is 5.82 Å². The molecule has 1 aromatic rings. The summed E-state index contributed by atoms with van der Waals surface area (Å²) in [5, 5.41) is 7.11. The lowest BCUT2D eigenvalue weighted by Crippen LogP contribution is -2.40. The van der Waals surface area contributed by atoms with Crippen LogP contribution in [0.1, 0.15) is 37.4 Å². The van der Waals surface area contributed by atoms with Crippen molar-refractivity contribution in [2.24, 2.45) is 0 Å². The van der Waals surface area contributed by atoms with Gasteiger partial charge in [-0.1, -0.05) is 19.0 Å². The highest BCUT2D eigenvalue weighted by Crippen LogP contribution is 2.19. The SMILES string of the molecule is CC(C)c1nc(C2CNC2)no1.Cl. The predicted molar refractivity (Wildman–Crippen MR) is 51.2 cm³/mol. The van der Waals surface area contributed by atoms with Gasteiger partial charge in [-0.3, -0.25) is 0 Å². The van der Waals surface area contributed by atoms with Crippen LogP contribution in [-0.4, -0.2) is 23.2 Å². The highest BCUT2D eigenvalue weighted by molar-refractivity contribution is 5.85. The molecule has 1 fully saturated rings. The predicted octanol–water partition coefficient (Wildman–Crippen LogP) is 1.30. The van der Waals surface area contributed by atoms with E-state index in [0.29, 0.717) is 11.8 Å². The van der Waals surface area contributed by atoms with Gasteiger partial charge in [0, 0.05) is 24.9 Å². The van der Waals surface area contributed by atoms with Crippen molar-refractivity contribution in [1.29, 1.82) is 0 Å². The summed E-state index contributed by atoms with van der Waals surface area (Å²) in [6, 6.07) is 0. The Morgan fingerprint density at radius 1 is 1.46 bits per heavy atom. The van der Waals surface area contributed by atoms with Gasteiger partial charge in [0.25, 0.3) is 0 Å². The summed E-state index contributed by atoms with van der Waals surface area (Å²) in [6.45, 7) is 6.07. The molecule has 2 rings (SSSR count). The molecule has 2 heterocycles. The highest BCUT2D eigenvalue weighted by Gasteiger charge is 2.24. The van der Waals surface area contributed by atoms with Crippen LogP contribution in [0.5, 0.6) is 0 Å². The molecule has 0 radical (unpaired) electrons. The first-order valence-corrected chi connectivity index (χ1v) is 4.31. The molecule has 1 aliphatic heterocycles. The van der Waals surface area contributed by atoms with Crippen LogP contribution in [0.25, 0.3) is 0 Å². The molecular weight excluding hydrogens is 190 g/mol. The highest BCUT2D eigenvalue weighted by atomic mass is 35.5. The first-order valence-electron chi connectivity index (χ1n) is 4.31. The Labute approximate surface area is 83.5 Å². The maximum atomic E-state index is 5.09. The molecule has 0 amide bonds. The molecule has 13 heavy (non-hydrogen) atoms. The van der Waals surface area contributed by atoms with Crippen LogP contribution in [0.15, 0.2) is 4.52 Å². The molecule has 1 aromatic heterocycles. The van der Waals surface area contributed by atoms with Gasteiger partial charge in [0.05, 0.1) is 0 Å². The molecule has 74 valence electrons. The van der Waals surface area contributed by atoms with Crippen molar-refractivity contribution < 1.29 is 4.52 Å². The van der Waals surface area contributed by atoms with E-state index in [0.717, 1.165) is 24.8 Å². The molecule has 1 N–H and O–H groups in total. The number of hydrogen-bond acceptors (Lipinski definition) is 4. The summed E-state index contributed by atoms with van der Waals surface area (Å²) in [4.78, 5) is 4.31. The van der Waals surface area contributed by atoms with Gasteiger partial charge >= 0.3 is 0 Å². The Balaban J connectivity index is 0.000000845. The van der Waals surface area contributed by atoms with Gasteiger partial charge in [0.2, 0.25) is 5.89 Å². The third-order valence-electron chi connectivity index (χ3n) is 2.10. The molecule has 0 atom stereocenters. The lowest BCUT2D eigenvalue weighted by Gasteiger charge is -2.23. The average molecular weight is 204 g/mol. The zero-order valence-corrected chi connectivity index (χ0v) is 8.60. The smallest absolute Gasteiger partial charge is 0.229 e. The Hall–Kier alpha value is -0.610. The Morgan fingerprint density at radius 3 is 2.54 bits per heavy atom. The van der Waals surface area contributed by atoms with Gasteiger partial charge in [-0.05, 0) is 0 Å². The summed E-state index contributed by atoms with van der Waals surface area (Å²) in [5.74, 6) is 2.41. The lowest BCUT2D eigenvalue weighted by atomic mass is 10.0. The second-order valence-corrected chi connectivity index (χ2v) is 3.50. The number of nitrogens with one attached hydrogen (secondary N) is 1. The molecule has 4 nitrogen and oxygen atoms in total. The summed E-state index contributed by atoms with van der Waals surface area (Å²) < 4.78 is 5.09. The molecule has 1 saturated heterocycles. The first-order chi connectivity index (χ1) is 5.77. The number of hydrogen-bond donors (Lipinski definition) is 1. The lowest BCUT2D eigenvalue weighted by molar-refractivity contribution is 0.347. The van der Waals surface area contributed by atoms with Crippen LogP contribution < -0.4 is 5.32 Å². The number of rotatable bonds is 2. The minimum Gasteiger partial charge on any atom is -0.339 e. The second-order valence-electron chi connectivity index (χ2n) is 3.50. The van der Waals surface area contributed by atoms with Crippen LogP contribution in [0.3, 0.4) is 0 Å². The van der Waals surface area contributed by atoms with Crippen molar-refractivity contribution in [2.45, 2.75) is 25.7 Å². The third-order valence-corrected chi connectivity index (χ3v) is 2.10. The fourth-order valence-electron chi connectivity index (χ4n) is 1.12. The molecule has 0 saturated carbocycles. The van der Waals surface area contributed by atoms with Crippen molar-refractivity contribution in [3.63, 3.8) is 0 Å². The number of aromatic nitrogens is 2. The maximum absolute atomic E-state index is 5.09. The van der Waals surface area contributed by atoms with Gasteiger partial charge in [0.1, 0.15) is 0 Å². The van der Waals surface area contributed by atoms with Crippen LogP contribution in [0.4, 0.5) is 0 Å². The van der Waals surface area contributed by atoms with E-state index in [1.807, 2.05) is 0 Å². The van der Waals surface area contributed by atoms with Gasteiger partial charge in [-0.15, -0.1) is 12.4 Å². The van der Waals surface area contributed by atoms with Gasteiger partial charge < -0.3 is 9.84 Å². The summed E-state index contributed by atoms with van der Waals surface area (Å²) in [5.41, 5.74) is 0. The number of halogens is 1. The van der Waals surface area contributed by atoms with E-state index in [2.05, 4.69) is 29.3 Å². The van der Waals surface area contributed by atoms with Crippen molar-refractivity contribution >= 4 is 12.4 Å². The minimum atomic E-state index is 0. The Bertz CT molecular complexity index is 270. The van der Waals surface area contributed by atoms with Crippen molar-refractivity contribution in [1.82, 2.24) is 15.5 Å². The van der Waals surface area contributed by atoms with Gasteiger partial charge in [-0.2, -0.15) is 4.98 Å². The monoisotopic (exact) mass is 203 g/mol. The Kier molecular flexibility index (Phi) is 3.27. The maximum Gasteiger partial charge on any atom is 0.229 e. The summed E-state index contributed by atoms with van der Waals surface area (Å²) in [6.07, 6.45) is 0. The van der Waals surface area contributed by atoms with E-state index in [9.17, 15) is 0 Å². The molecule has 0 bridgehead atoms. The van der Waals surface area contributed by atoms with Crippen LogP contribution in [-0.2, 0) is 0 Å². The van der Waals surface area contributed by atoms with Crippen LogP contribution >= 0.6 is 12.4 Å². The molecule has 0 aromatic carbocycles. The molecule has 0 spiro atoms. The van der Waals surface area contributed by atoms with Crippen LogP contribution in [0, 0.1) is 0 Å². The molecular formula is C8H14ClN3O. The van der Waals surface area contributed by atoms with E-state index in [1.54, 1.807) is 0 Å². The van der Waals surface area contributed by atoms with Crippen molar-refractivity contribution in [2.75, 3.05) is 13.1 Å². The fraction of sp³-hybridized carbons (Fsp3) is 0.750. The average Bonchev–Trinajstić information content (AvgIpc) is 2.32. The standard InChI is InChI=1S/C8H13N3O.ClH/c1-5(2)8-10-7(11-12-8)6-3-9-4-6;/h5-6,9H,3-4H2,1-2H3;1H. The van der Waals surface area contributed by atoms with Crippen LogP contribution in [0.2, 0.25) is 0 Å². The quantitative estimate of drug-likeness (QED) is 0.788. The zero-order chi connectivity index (χ0) is 8.55. The van der Waals surface area contributed by atoms with Gasteiger partial charge in [-0.25, -0.2) is 0 Å². The van der Waals surface area contributed by atoms with E-state index in [4.69, 9.17) is 4.52 Å². The van der Waals surface area contributed by atoms with E-state index in [-0.39, 0.29) is 12.4 Å².